The molecule has 1 aliphatic heterocycles. The molecule has 4 unspecified atom stereocenters. The highest BCUT2D eigenvalue weighted by atomic mass is 19.2. The van der Waals surface area contributed by atoms with Crippen molar-refractivity contribution < 1.29 is 42.2 Å². The van der Waals surface area contributed by atoms with Crippen LogP contribution in [0.25, 0.3) is 0 Å². The molecule has 4 atom stereocenters. The maximum Gasteiger partial charge on any atom is 0.410 e. The number of benzene rings is 3. The molecule has 0 fully saturated rings. The van der Waals surface area contributed by atoms with E-state index >= 15 is 9.18 Å². The molecular weight excluding hydrogens is 710 g/mol. The highest BCUT2D eigenvalue weighted by Gasteiger charge is 2.44. The van der Waals surface area contributed by atoms with E-state index in [9.17, 15) is 23.6 Å². The summed E-state index contributed by atoms with van der Waals surface area (Å²) in [6, 6.07) is 13.3. The van der Waals surface area contributed by atoms with Gasteiger partial charge in [-0.2, -0.15) is 0 Å². The van der Waals surface area contributed by atoms with Crippen molar-refractivity contribution in [3.05, 3.63) is 106 Å². The lowest BCUT2D eigenvalue weighted by atomic mass is 9.84. The topological polar surface area (TPSA) is 126 Å². The average molecular weight is 763 g/mol. The molecule has 11 nitrogen and oxygen atoms in total. The van der Waals surface area contributed by atoms with E-state index in [-0.39, 0.29) is 30.6 Å². The quantitative estimate of drug-likeness (QED) is 0.232. The van der Waals surface area contributed by atoms with Gasteiger partial charge in [-0.25, -0.2) is 18.4 Å². The van der Waals surface area contributed by atoms with Crippen LogP contribution in [0.3, 0.4) is 0 Å². The zero-order valence-electron chi connectivity index (χ0n) is 33.2. The molecule has 296 valence electrons. The predicted octanol–water partition coefficient (Wildman–Crippen LogP) is 6.58. The lowest BCUT2D eigenvalue weighted by Crippen LogP contribution is -2.62. The van der Waals surface area contributed by atoms with Crippen molar-refractivity contribution in [2.45, 2.75) is 105 Å². The zero-order valence-corrected chi connectivity index (χ0v) is 33.2. The highest BCUT2D eigenvalue weighted by Crippen LogP contribution is 2.33. The fraction of sp³-hybridized carbons (Fsp3) is 0.452. The summed E-state index contributed by atoms with van der Waals surface area (Å²) in [5, 5.41) is 2.85. The van der Waals surface area contributed by atoms with E-state index in [0.717, 1.165) is 22.1 Å². The first-order valence-electron chi connectivity index (χ1n) is 18.2. The van der Waals surface area contributed by atoms with Crippen molar-refractivity contribution in [3.8, 4) is 0 Å². The molecule has 13 heteroatoms. The molecular formula is C42H52F2N4O7. The van der Waals surface area contributed by atoms with E-state index in [1.54, 1.807) is 72.7 Å². The zero-order chi connectivity index (χ0) is 41.0. The normalized spacial score (nSPS) is 15.9. The van der Waals surface area contributed by atoms with Crippen molar-refractivity contribution in [1.82, 2.24) is 20.0 Å². The minimum Gasteiger partial charge on any atom is -0.465 e. The molecule has 4 rings (SSSR count). The molecule has 0 bridgehead atoms. The van der Waals surface area contributed by atoms with Crippen molar-refractivity contribution in [2.75, 3.05) is 14.2 Å². The smallest absolute Gasteiger partial charge is 0.410 e. The number of hydrogen-bond acceptors (Lipinski definition) is 7. The Kier molecular flexibility index (Phi) is 13.1. The van der Waals surface area contributed by atoms with E-state index in [1.807, 2.05) is 24.3 Å². The van der Waals surface area contributed by atoms with Gasteiger partial charge >= 0.3 is 12.1 Å². The van der Waals surface area contributed by atoms with Crippen molar-refractivity contribution in [1.29, 1.82) is 0 Å². The van der Waals surface area contributed by atoms with Gasteiger partial charge in [0.2, 0.25) is 17.7 Å². The number of fused-ring (bicyclic) bond motifs is 1. The molecule has 0 aromatic heterocycles. The van der Waals surface area contributed by atoms with Gasteiger partial charge in [-0.15, -0.1) is 0 Å². The number of ether oxygens (including phenoxy) is 2. The molecule has 0 saturated heterocycles. The minimum atomic E-state index is -1.15. The monoisotopic (exact) mass is 762 g/mol. The molecule has 1 N–H and O–H groups in total. The summed E-state index contributed by atoms with van der Waals surface area (Å²) in [7, 11) is 2.70. The highest BCUT2D eigenvalue weighted by molar-refractivity contribution is 5.95. The SMILES string of the molecule is COC(=O)c1ccc(CN(C(=O)C2Cc3ccccc3CN2C(=O)C(NC(=O)C(C)N(C)C(=O)OC(C)(C)C)C(C)(C)C)C(C)c2cccc(F)c2F)cc1. The van der Waals surface area contributed by atoms with Crippen LogP contribution in [0.2, 0.25) is 0 Å². The van der Waals surface area contributed by atoms with E-state index in [4.69, 9.17) is 9.47 Å². The molecule has 3 aromatic carbocycles. The molecule has 3 aromatic rings. The second-order valence-corrected chi connectivity index (χ2v) is 16.0. The van der Waals surface area contributed by atoms with Crippen molar-refractivity contribution in [2.24, 2.45) is 5.41 Å². The van der Waals surface area contributed by atoms with E-state index in [2.05, 4.69) is 5.32 Å². The average Bonchev–Trinajstić information content (AvgIpc) is 3.13. The fourth-order valence-electron chi connectivity index (χ4n) is 6.39. The Morgan fingerprint density at radius 3 is 2.09 bits per heavy atom. The van der Waals surface area contributed by atoms with Crippen LogP contribution in [-0.4, -0.2) is 82.4 Å². The summed E-state index contributed by atoms with van der Waals surface area (Å²) in [5.74, 6) is -4.39. The number of halogens is 2. The first-order chi connectivity index (χ1) is 25.6. The third-order valence-corrected chi connectivity index (χ3v) is 9.77. The van der Waals surface area contributed by atoms with Crippen molar-refractivity contribution in [3.63, 3.8) is 0 Å². The molecule has 1 heterocycles. The van der Waals surface area contributed by atoms with Crippen molar-refractivity contribution >= 4 is 29.8 Å². The summed E-state index contributed by atoms with van der Waals surface area (Å²) < 4.78 is 40.2. The number of carbonyl (C=O) groups excluding carboxylic acids is 5. The number of amides is 4. The number of hydrogen-bond donors (Lipinski definition) is 1. The second-order valence-electron chi connectivity index (χ2n) is 16.0. The molecule has 0 radical (unpaired) electrons. The third-order valence-electron chi connectivity index (χ3n) is 9.77. The van der Waals surface area contributed by atoms with E-state index < -0.39 is 76.6 Å². The molecule has 0 saturated carbocycles. The minimum absolute atomic E-state index is 0.0333. The van der Waals surface area contributed by atoms with Crippen LogP contribution in [0.4, 0.5) is 13.6 Å². The lowest BCUT2D eigenvalue weighted by molar-refractivity contribution is -0.152. The van der Waals surface area contributed by atoms with Crippen LogP contribution < -0.4 is 5.32 Å². The van der Waals surface area contributed by atoms with E-state index in [1.165, 1.54) is 43.0 Å². The summed E-state index contributed by atoms with van der Waals surface area (Å²) in [4.78, 5) is 72.5. The Morgan fingerprint density at radius 2 is 1.51 bits per heavy atom. The van der Waals surface area contributed by atoms with Gasteiger partial charge in [-0.05, 0) is 74.9 Å². The molecule has 1 aliphatic rings. The Hall–Kier alpha value is -5.33. The second kappa shape index (κ2) is 17.0. The Labute approximate surface area is 321 Å². The Bertz CT molecular complexity index is 1900. The largest absolute Gasteiger partial charge is 0.465 e. The van der Waals surface area contributed by atoms with Crippen LogP contribution in [0.15, 0.2) is 66.7 Å². The van der Waals surface area contributed by atoms with Gasteiger partial charge in [0.15, 0.2) is 11.6 Å². The van der Waals surface area contributed by atoms with Gasteiger partial charge in [0.05, 0.1) is 18.7 Å². The number of nitrogens with zero attached hydrogens (tertiary/aromatic N) is 3. The lowest BCUT2D eigenvalue weighted by Gasteiger charge is -2.43. The first kappa shape index (κ1) is 42.4. The molecule has 0 spiro atoms. The van der Waals surface area contributed by atoms with Gasteiger partial charge in [-0.1, -0.05) is 69.3 Å². The van der Waals surface area contributed by atoms with Crippen LogP contribution in [0, 0.1) is 17.0 Å². The van der Waals surface area contributed by atoms with Crippen LogP contribution in [0.1, 0.15) is 94.0 Å². The Balaban J connectivity index is 1.75. The maximum atomic E-state index is 15.3. The summed E-state index contributed by atoms with van der Waals surface area (Å²) in [6.07, 6.45) is -0.601. The maximum absolute atomic E-state index is 15.3. The fourth-order valence-corrected chi connectivity index (χ4v) is 6.39. The van der Waals surface area contributed by atoms with Crippen LogP contribution in [0.5, 0.6) is 0 Å². The standard InChI is InChI=1S/C42H52F2N4O7/c1-25(31-16-13-17-32(43)34(31)44)47(23-27-18-20-28(21-19-27)39(52)54-10)37(50)33-22-29-14-11-12-15-30(29)24-48(33)38(51)35(41(3,4)5)45-36(49)26(2)46(9)40(53)55-42(6,7)8/h11-21,25-26,33,35H,22-24H2,1-10H3,(H,45,49). The van der Waals surface area contributed by atoms with Crippen LogP contribution >= 0.6 is 0 Å². The number of nitrogens with one attached hydrogen (secondary N) is 1. The van der Waals surface area contributed by atoms with Crippen LogP contribution in [-0.2, 0) is 43.4 Å². The number of methoxy groups -OCH3 is 1. The molecule has 4 amide bonds. The van der Waals surface area contributed by atoms with Gasteiger partial charge < -0.3 is 24.6 Å². The predicted molar refractivity (Wildman–Crippen MR) is 202 cm³/mol. The van der Waals surface area contributed by atoms with Gasteiger partial charge in [-0.3, -0.25) is 19.3 Å². The number of carbonyl (C=O) groups is 5. The van der Waals surface area contributed by atoms with Gasteiger partial charge in [0.1, 0.15) is 23.7 Å². The molecule has 55 heavy (non-hydrogen) atoms. The van der Waals surface area contributed by atoms with Gasteiger partial charge in [0.25, 0.3) is 0 Å². The van der Waals surface area contributed by atoms with Gasteiger partial charge in [0, 0.05) is 32.1 Å². The summed E-state index contributed by atoms with van der Waals surface area (Å²) in [5.41, 5.74) is 0.803. The number of esters is 1. The third kappa shape index (κ3) is 10.1. The Morgan fingerprint density at radius 1 is 0.891 bits per heavy atom. The molecule has 0 aliphatic carbocycles. The van der Waals surface area contributed by atoms with E-state index in [0.29, 0.717) is 5.56 Å². The number of likely N-dealkylation sites (N-methyl/N-ethyl adjacent to an activating group) is 1. The first-order valence-corrected chi connectivity index (χ1v) is 18.2. The summed E-state index contributed by atoms with van der Waals surface area (Å²) >= 11 is 0. The summed E-state index contributed by atoms with van der Waals surface area (Å²) in [6.45, 7) is 13.6. The number of rotatable bonds is 10.